The Morgan fingerprint density at radius 3 is 2.71 bits per heavy atom. The molecule has 2 amide bonds. The monoisotopic (exact) mass is 294 g/mol. The summed E-state index contributed by atoms with van der Waals surface area (Å²) < 4.78 is 13.0. The molecule has 1 aromatic rings. The summed E-state index contributed by atoms with van der Waals surface area (Å²) in [6.07, 6.45) is 0.941. The molecule has 1 saturated heterocycles. The van der Waals surface area contributed by atoms with E-state index in [0.717, 1.165) is 0 Å². The maximum absolute atomic E-state index is 13.0. The number of aryl methyl sites for hydroxylation is 1. The molecule has 2 rings (SSSR count). The van der Waals surface area contributed by atoms with Crippen molar-refractivity contribution >= 4 is 17.7 Å². The number of hydrogen-bond donors (Lipinski definition) is 2. The van der Waals surface area contributed by atoms with E-state index >= 15 is 0 Å². The van der Waals surface area contributed by atoms with E-state index in [1.165, 1.54) is 23.1 Å². The van der Waals surface area contributed by atoms with Crippen LogP contribution in [0.5, 0.6) is 0 Å². The van der Waals surface area contributed by atoms with Crippen LogP contribution >= 0.6 is 0 Å². The molecule has 1 unspecified atom stereocenters. The normalized spacial score (nSPS) is 21.4. The molecular formula is C15H19FN2O3. The van der Waals surface area contributed by atoms with Gasteiger partial charge in [0.1, 0.15) is 5.82 Å². The number of hydrogen-bond acceptors (Lipinski definition) is 2. The first-order valence-corrected chi connectivity index (χ1v) is 6.93. The minimum Gasteiger partial charge on any atom is -0.481 e. The van der Waals surface area contributed by atoms with E-state index < -0.39 is 11.4 Å². The fourth-order valence-electron chi connectivity index (χ4n) is 2.62. The Labute approximate surface area is 122 Å². The van der Waals surface area contributed by atoms with Crippen LogP contribution in [-0.2, 0) is 4.79 Å². The molecule has 1 fully saturated rings. The first-order valence-electron chi connectivity index (χ1n) is 6.93. The zero-order chi connectivity index (χ0) is 15.6. The molecule has 1 atom stereocenters. The first-order chi connectivity index (χ1) is 9.88. The molecule has 0 bridgehead atoms. The number of carbonyl (C=O) groups is 2. The third kappa shape index (κ3) is 2.99. The summed E-state index contributed by atoms with van der Waals surface area (Å²) in [4.78, 5) is 25.1. The van der Waals surface area contributed by atoms with Gasteiger partial charge in [-0.25, -0.2) is 9.18 Å². The number of nitrogens with one attached hydrogen (secondary N) is 1. The standard InChI is InChI=1S/C15H19FN2O3/c1-3-15(13(19)20)6-7-18(9-15)14(21)17-12-5-4-11(16)8-10(12)2/h4-5,8H,3,6-7,9H2,1-2H3,(H,17,21)(H,19,20). The lowest BCUT2D eigenvalue weighted by atomic mass is 9.84. The van der Waals surface area contributed by atoms with Crippen molar-refractivity contribution in [2.45, 2.75) is 26.7 Å². The number of likely N-dealkylation sites (tertiary alicyclic amines) is 1. The quantitative estimate of drug-likeness (QED) is 0.900. The lowest BCUT2D eigenvalue weighted by molar-refractivity contribution is -0.148. The summed E-state index contributed by atoms with van der Waals surface area (Å²) in [5, 5.41) is 12.0. The van der Waals surface area contributed by atoms with Gasteiger partial charge in [0.2, 0.25) is 0 Å². The van der Waals surface area contributed by atoms with Crippen molar-refractivity contribution in [2.75, 3.05) is 18.4 Å². The second kappa shape index (κ2) is 5.71. The van der Waals surface area contributed by atoms with E-state index in [2.05, 4.69) is 5.32 Å². The molecule has 2 N–H and O–H groups in total. The smallest absolute Gasteiger partial charge is 0.321 e. The van der Waals surface area contributed by atoms with Crippen LogP contribution in [0.25, 0.3) is 0 Å². The van der Waals surface area contributed by atoms with Gasteiger partial charge in [-0.2, -0.15) is 0 Å². The molecular weight excluding hydrogens is 275 g/mol. The number of anilines is 1. The number of urea groups is 1. The van der Waals surface area contributed by atoms with Crippen LogP contribution in [-0.4, -0.2) is 35.1 Å². The average Bonchev–Trinajstić information content (AvgIpc) is 2.88. The summed E-state index contributed by atoms with van der Waals surface area (Å²) >= 11 is 0. The number of rotatable bonds is 3. The van der Waals surface area contributed by atoms with Gasteiger partial charge in [-0.3, -0.25) is 4.79 Å². The highest BCUT2D eigenvalue weighted by Crippen LogP contribution is 2.34. The van der Waals surface area contributed by atoms with E-state index in [9.17, 15) is 19.1 Å². The fourth-order valence-corrected chi connectivity index (χ4v) is 2.62. The lowest BCUT2D eigenvalue weighted by Crippen LogP contribution is -2.38. The highest BCUT2D eigenvalue weighted by Gasteiger charge is 2.44. The van der Waals surface area contributed by atoms with Crippen molar-refractivity contribution in [3.05, 3.63) is 29.6 Å². The van der Waals surface area contributed by atoms with E-state index in [0.29, 0.717) is 30.6 Å². The summed E-state index contributed by atoms with van der Waals surface area (Å²) in [7, 11) is 0. The zero-order valence-corrected chi connectivity index (χ0v) is 12.1. The summed E-state index contributed by atoms with van der Waals surface area (Å²) in [5.74, 6) is -1.22. The molecule has 6 heteroatoms. The zero-order valence-electron chi connectivity index (χ0n) is 12.1. The summed E-state index contributed by atoms with van der Waals surface area (Å²) in [6, 6.07) is 3.78. The van der Waals surface area contributed by atoms with Crippen LogP contribution in [0, 0.1) is 18.2 Å². The summed E-state index contributed by atoms with van der Waals surface area (Å²) in [5.41, 5.74) is 0.308. The number of carboxylic acid groups (broad SMARTS) is 1. The summed E-state index contributed by atoms with van der Waals surface area (Å²) in [6.45, 7) is 4.13. The molecule has 1 heterocycles. The number of benzene rings is 1. The van der Waals surface area contributed by atoms with Gasteiger partial charge in [-0.15, -0.1) is 0 Å². The van der Waals surface area contributed by atoms with Gasteiger partial charge in [-0.05, 0) is 43.5 Å². The maximum atomic E-state index is 13.0. The van der Waals surface area contributed by atoms with Gasteiger partial charge in [0.05, 0.1) is 5.41 Å². The van der Waals surface area contributed by atoms with Crippen molar-refractivity contribution in [2.24, 2.45) is 5.41 Å². The lowest BCUT2D eigenvalue weighted by Gasteiger charge is -2.23. The Kier molecular flexibility index (Phi) is 4.16. The van der Waals surface area contributed by atoms with Gasteiger partial charge in [0.25, 0.3) is 0 Å². The van der Waals surface area contributed by atoms with E-state index in [4.69, 9.17) is 0 Å². The van der Waals surface area contributed by atoms with E-state index in [-0.39, 0.29) is 18.4 Å². The highest BCUT2D eigenvalue weighted by atomic mass is 19.1. The van der Waals surface area contributed by atoms with Gasteiger partial charge < -0.3 is 15.3 Å². The SMILES string of the molecule is CCC1(C(=O)O)CCN(C(=O)Nc2ccc(F)cc2C)C1. The van der Waals surface area contributed by atoms with E-state index in [1.807, 2.05) is 6.92 Å². The highest BCUT2D eigenvalue weighted by molar-refractivity contribution is 5.91. The van der Waals surface area contributed by atoms with E-state index in [1.54, 1.807) is 6.92 Å². The minimum atomic E-state index is -0.863. The predicted molar refractivity (Wildman–Crippen MR) is 76.7 cm³/mol. The molecule has 21 heavy (non-hydrogen) atoms. The van der Waals surface area contributed by atoms with Crippen molar-refractivity contribution in [3.63, 3.8) is 0 Å². The van der Waals surface area contributed by atoms with Crippen molar-refractivity contribution < 1.29 is 19.1 Å². The van der Waals surface area contributed by atoms with Gasteiger partial charge in [-0.1, -0.05) is 6.92 Å². The predicted octanol–water partition coefficient (Wildman–Crippen LogP) is 2.85. The van der Waals surface area contributed by atoms with Crippen molar-refractivity contribution in [1.29, 1.82) is 0 Å². The third-order valence-corrected chi connectivity index (χ3v) is 4.20. The second-order valence-electron chi connectivity index (χ2n) is 5.50. The van der Waals surface area contributed by atoms with Crippen molar-refractivity contribution in [1.82, 2.24) is 4.90 Å². The van der Waals surface area contributed by atoms with Crippen LogP contribution in [0.4, 0.5) is 14.9 Å². The fraction of sp³-hybridized carbons (Fsp3) is 0.467. The van der Waals surface area contributed by atoms with Crippen LogP contribution in [0.1, 0.15) is 25.3 Å². The Bertz CT molecular complexity index is 576. The van der Waals surface area contributed by atoms with Crippen LogP contribution < -0.4 is 5.32 Å². The Hall–Kier alpha value is -2.11. The molecule has 1 aliphatic heterocycles. The van der Waals surface area contributed by atoms with Gasteiger partial charge in [0.15, 0.2) is 0 Å². The van der Waals surface area contributed by atoms with Crippen LogP contribution in [0.2, 0.25) is 0 Å². The van der Waals surface area contributed by atoms with Gasteiger partial charge in [0, 0.05) is 18.8 Å². The van der Waals surface area contributed by atoms with Gasteiger partial charge >= 0.3 is 12.0 Å². The maximum Gasteiger partial charge on any atom is 0.321 e. The number of aliphatic carboxylic acids is 1. The molecule has 114 valence electrons. The molecule has 0 spiro atoms. The number of carboxylic acids is 1. The number of halogens is 1. The Morgan fingerprint density at radius 2 is 2.19 bits per heavy atom. The Balaban J connectivity index is 2.07. The number of carbonyl (C=O) groups excluding carboxylic acids is 1. The Morgan fingerprint density at radius 1 is 1.48 bits per heavy atom. The average molecular weight is 294 g/mol. The van der Waals surface area contributed by atoms with Crippen molar-refractivity contribution in [3.8, 4) is 0 Å². The molecule has 1 aliphatic rings. The molecule has 5 nitrogen and oxygen atoms in total. The molecule has 0 aliphatic carbocycles. The number of nitrogens with zero attached hydrogens (tertiary/aromatic N) is 1. The third-order valence-electron chi connectivity index (χ3n) is 4.20. The minimum absolute atomic E-state index is 0.199. The molecule has 0 radical (unpaired) electrons. The number of amides is 2. The van der Waals surface area contributed by atoms with Crippen LogP contribution in [0.15, 0.2) is 18.2 Å². The first kappa shape index (κ1) is 15.3. The largest absolute Gasteiger partial charge is 0.481 e. The topological polar surface area (TPSA) is 69.6 Å². The molecule has 0 aromatic heterocycles. The van der Waals surface area contributed by atoms with Crippen LogP contribution in [0.3, 0.4) is 0 Å². The molecule has 0 saturated carbocycles. The molecule has 1 aromatic carbocycles. The second-order valence-corrected chi connectivity index (χ2v) is 5.50.